The van der Waals surface area contributed by atoms with Crippen molar-refractivity contribution in [1.82, 2.24) is 0 Å². The van der Waals surface area contributed by atoms with Gasteiger partial charge >= 0.3 is 5.97 Å². The monoisotopic (exact) mass is 169 g/mol. The first-order valence-corrected chi connectivity index (χ1v) is 4.57. The highest BCUT2D eigenvalue weighted by Crippen LogP contribution is 2.47. The van der Waals surface area contributed by atoms with E-state index in [9.17, 15) is 4.79 Å². The van der Waals surface area contributed by atoms with Crippen LogP contribution in [0.25, 0.3) is 0 Å². The Morgan fingerprint density at radius 3 is 2.58 bits per heavy atom. The Morgan fingerprint density at radius 1 is 1.42 bits per heavy atom. The third-order valence-corrected chi connectivity index (χ3v) is 3.45. The maximum absolute atomic E-state index is 11.3. The van der Waals surface area contributed by atoms with Gasteiger partial charge in [0.15, 0.2) is 0 Å². The summed E-state index contributed by atoms with van der Waals surface area (Å²) in [7, 11) is 1.45. The molecule has 0 aromatic carbocycles. The van der Waals surface area contributed by atoms with Crippen LogP contribution < -0.4 is 5.73 Å². The molecule has 12 heavy (non-hydrogen) atoms. The molecule has 2 aliphatic rings. The van der Waals surface area contributed by atoms with Gasteiger partial charge in [-0.25, -0.2) is 0 Å². The molecule has 68 valence electrons. The first-order valence-electron chi connectivity index (χ1n) is 4.57. The van der Waals surface area contributed by atoms with Gasteiger partial charge in [0.1, 0.15) is 0 Å². The van der Waals surface area contributed by atoms with Gasteiger partial charge < -0.3 is 10.5 Å². The summed E-state index contributed by atoms with van der Waals surface area (Å²) in [5, 5.41) is 0. The van der Waals surface area contributed by atoms with Gasteiger partial charge in [0, 0.05) is 6.04 Å². The van der Waals surface area contributed by atoms with E-state index in [-0.39, 0.29) is 17.9 Å². The van der Waals surface area contributed by atoms with Crippen LogP contribution in [0.5, 0.6) is 0 Å². The predicted octanol–water partition coefficient (Wildman–Crippen LogP) is 0.533. The van der Waals surface area contributed by atoms with Crippen molar-refractivity contribution in [3.8, 4) is 0 Å². The van der Waals surface area contributed by atoms with Gasteiger partial charge in [0.2, 0.25) is 0 Å². The summed E-state index contributed by atoms with van der Waals surface area (Å²) in [6, 6.07) is 0.0659. The largest absolute Gasteiger partial charge is 0.469 e. The van der Waals surface area contributed by atoms with Crippen LogP contribution >= 0.6 is 0 Å². The molecular formula is C9H15NO2. The molecule has 0 aromatic rings. The van der Waals surface area contributed by atoms with E-state index in [0.717, 1.165) is 12.8 Å². The van der Waals surface area contributed by atoms with Gasteiger partial charge in [0.05, 0.1) is 13.0 Å². The number of nitrogens with two attached hydrogens (primary N) is 1. The number of rotatable bonds is 1. The molecule has 3 nitrogen and oxygen atoms in total. The van der Waals surface area contributed by atoms with E-state index in [4.69, 9.17) is 10.5 Å². The minimum absolute atomic E-state index is 0.00579. The molecule has 2 N–H and O–H groups in total. The summed E-state index contributed by atoms with van der Waals surface area (Å²) in [5.41, 5.74) is 5.94. The first kappa shape index (κ1) is 8.05. The quantitative estimate of drug-likeness (QED) is 0.583. The van der Waals surface area contributed by atoms with Gasteiger partial charge in [-0.15, -0.1) is 0 Å². The normalized spacial score (nSPS) is 44.8. The van der Waals surface area contributed by atoms with Gasteiger partial charge in [0.25, 0.3) is 0 Å². The number of hydrogen-bond donors (Lipinski definition) is 1. The Morgan fingerprint density at radius 2 is 2.08 bits per heavy atom. The second-order valence-electron chi connectivity index (χ2n) is 3.96. The van der Waals surface area contributed by atoms with E-state index >= 15 is 0 Å². The molecule has 2 rings (SSSR count). The molecule has 2 unspecified atom stereocenters. The van der Waals surface area contributed by atoms with Crippen molar-refractivity contribution in [2.24, 2.45) is 23.5 Å². The fourth-order valence-corrected chi connectivity index (χ4v) is 2.82. The van der Waals surface area contributed by atoms with E-state index in [1.165, 1.54) is 13.5 Å². The van der Waals surface area contributed by atoms with Crippen molar-refractivity contribution in [3.63, 3.8) is 0 Å². The Labute approximate surface area is 72.3 Å². The Balaban J connectivity index is 2.12. The fourth-order valence-electron chi connectivity index (χ4n) is 2.82. The highest BCUT2D eigenvalue weighted by molar-refractivity contribution is 5.74. The van der Waals surface area contributed by atoms with E-state index in [1.807, 2.05) is 0 Å². The lowest BCUT2D eigenvalue weighted by Crippen LogP contribution is -2.40. The summed E-state index contributed by atoms with van der Waals surface area (Å²) in [5.74, 6) is 0.986. The first-order chi connectivity index (χ1) is 5.74. The molecule has 0 saturated heterocycles. The van der Waals surface area contributed by atoms with Crippen LogP contribution in [-0.4, -0.2) is 19.1 Å². The highest BCUT2D eigenvalue weighted by Gasteiger charge is 2.49. The molecule has 2 aliphatic carbocycles. The smallest absolute Gasteiger partial charge is 0.310 e. The SMILES string of the molecule is COC(=O)[C@H]1C(N)C2CC[C@@H]1C2. The van der Waals surface area contributed by atoms with Crippen LogP contribution in [0.1, 0.15) is 19.3 Å². The second-order valence-corrected chi connectivity index (χ2v) is 3.96. The average molecular weight is 169 g/mol. The number of carbonyl (C=O) groups is 1. The van der Waals surface area contributed by atoms with Crippen molar-refractivity contribution in [2.45, 2.75) is 25.3 Å². The molecule has 2 fully saturated rings. The molecule has 0 aliphatic heterocycles. The number of carbonyl (C=O) groups excluding carboxylic acids is 1. The van der Waals surface area contributed by atoms with Gasteiger partial charge in [-0.3, -0.25) is 4.79 Å². The lowest BCUT2D eigenvalue weighted by atomic mass is 9.85. The molecule has 0 aromatic heterocycles. The van der Waals surface area contributed by atoms with Crippen molar-refractivity contribution < 1.29 is 9.53 Å². The van der Waals surface area contributed by atoms with Gasteiger partial charge in [-0.1, -0.05) is 0 Å². The zero-order valence-electron chi connectivity index (χ0n) is 7.32. The van der Waals surface area contributed by atoms with E-state index in [2.05, 4.69) is 0 Å². The summed E-state index contributed by atoms with van der Waals surface area (Å²) in [6.45, 7) is 0. The molecule has 3 heteroatoms. The standard InChI is InChI=1S/C9H15NO2/c1-12-9(11)7-5-2-3-6(4-5)8(7)10/h5-8H,2-4,10H2,1H3/t5-,6?,7-,8?/m1/s1. The summed E-state index contributed by atoms with van der Waals surface area (Å²) in [4.78, 5) is 11.3. The van der Waals surface area contributed by atoms with Crippen LogP contribution in [0.3, 0.4) is 0 Å². The number of methoxy groups -OCH3 is 1. The molecule has 0 amide bonds. The number of hydrogen-bond acceptors (Lipinski definition) is 3. The number of esters is 1. The maximum atomic E-state index is 11.3. The molecule has 2 bridgehead atoms. The number of fused-ring (bicyclic) bond motifs is 2. The van der Waals surface area contributed by atoms with Crippen LogP contribution in [-0.2, 0) is 9.53 Å². The molecule has 0 radical (unpaired) electrons. The van der Waals surface area contributed by atoms with Crippen LogP contribution in [0, 0.1) is 17.8 Å². The van der Waals surface area contributed by atoms with Crippen molar-refractivity contribution in [3.05, 3.63) is 0 Å². The average Bonchev–Trinajstić information content (AvgIpc) is 2.63. The summed E-state index contributed by atoms with van der Waals surface area (Å²) >= 11 is 0. The molecule has 0 heterocycles. The topological polar surface area (TPSA) is 52.3 Å². The molecule has 0 spiro atoms. The summed E-state index contributed by atoms with van der Waals surface area (Å²) < 4.78 is 4.74. The Kier molecular flexibility index (Phi) is 1.83. The van der Waals surface area contributed by atoms with Crippen LogP contribution in [0.4, 0.5) is 0 Å². The predicted molar refractivity (Wildman–Crippen MR) is 44.3 cm³/mol. The molecular weight excluding hydrogens is 154 g/mol. The van der Waals surface area contributed by atoms with Crippen LogP contribution in [0.15, 0.2) is 0 Å². The minimum Gasteiger partial charge on any atom is -0.469 e. The van der Waals surface area contributed by atoms with E-state index in [0.29, 0.717) is 11.8 Å². The van der Waals surface area contributed by atoms with Crippen LogP contribution in [0.2, 0.25) is 0 Å². The van der Waals surface area contributed by atoms with E-state index < -0.39 is 0 Å². The zero-order chi connectivity index (χ0) is 8.72. The fraction of sp³-hybridized carbons (Fsp3) is 0.889. The molecule has 2 saturated carbocycles. The lowest BCUT2D eigenvalue weighted by Gasteiger charge is -2.25. The lowest BCUT2D eigenvalue weighted by molar-refractivity contribution is -0.147. The minimum atomic E-state index is -0.102. The highest BCUT2D eigenvalue weighted by atomic mass is 16.5. The Hall–Kier alpha value is -0.570. The van der Waals surface area contributed by atoms with Crippen molar-refractivity contribution >= 4 is 5.97 Å². The van der Waals surface area contributed by atoms with E-state index in [1.54, 1.807) is 0 Å². The van der Waals surface area contributed by atoms with Gasteiger partial charge in [-0.05, 0) is 31.1 Å². The van der Waals surface area contributed by atoms with Gasteiger partial charge in [-0.2, -0.15) is 0 Å². The Bertz CT molecular complexity index is 203. The third-order valence-electron chi connectivity index (χ3n) is 3.45. The maximum Gasteiger partial charge on any atom is 0.310 e. The molecule has 4 atom stereocenters. The summed E-state index contributed by atoms with van der Waals surface area (Å²) in [6.07, 6.45) is 3.51. The van der Waals surface area contributed by atoms with Crippen molar-refractivity contribution in [2.75, 3.05) is 7.11 Å². The van der Waals surface area contributed by atoms with Crippen molar-refractivity contribution in [1.29, 1.82) is 0 Å². The third kappa shape index (κ3) is 0.959. The number of ether oxygens (including phenoxy) is 1. The second kappa shape index (κ2) is 2.73. The zero-order valence-corrected chi connectivity index (χ0v) is 7.32.